The van der Waals surface area contributed by atoms with Crippen LogP contribution in [0, 0.1) is 13.8 Å². The van der Waals surface area contributed by atoms with Gasteiger partial charge in [0, 0.05) is 17.9 Å². The predicted octanol–water partition coefficient (Wildman–Crippen LogP) is 3.93. The van der Waals surface area contributed by atoms with Crippen molar-refractivity contribution in [1.29, 1.82) is 0 Å². The number of aromatic nitrogens is 1. The van der Waals surface area contributed by atoms with E-state index in [2.05, 4.69) is 4.98 Å². The number of benzene rings is 2. The van der Waals surface area contributed by atoms with Crippen molar-refractivity contribution in [3.8, 4) is 0 Å². The molecule has 0 atom stereocenters. The average molecular weight is 456 g/mol. The van der Waals surface area contributed by atoms with E-state index in [9.17, 15) is 18.0 Å². The van der Waals surface area contributed by atoms with E-state index in [0.717, 1.165) is 15.4 Å². The number of thiazole rings is 1. The summed E-state index contributed by atoms with van der Waals surface area (Å²) in [4.78, 5) is 31.2. The van der Waals surface area contributed by atoms with Crippen LogP contribution in [-0.4, -0.2) is 29.5 Å². The summed E-state index contributed by atoms with van der Waals surface area (Å²) in [6.45, 7) is 5.23. The van der Waals surface area contributed by atoms with Crippen LogP contribution in [0.25, 0.3) is 0 Å². The maximum Gasteiger partial charge on any atom is 0.268 e. The van der Waals surface area contributed by atoms with E-state index in [4.69, 9.17) is 0 Å². The van der Waals surface area contributed by atoms with Gasteiger partial charge in [-0.1, -0.05) is 24.3 Å². The molecule has 7 nitrogen and oxygen atoms in total. The zero-order chi connectivity index (χ0) is 22.3. The molecule has 4 rings (SSSR count). The number of sulfonamides is 1. The smallest absolute Gasteiger partial charge is 0.268 e. The number of carbonyl (C=O) groups is 2. The number of anilines is 2. The first kappa shape index (κ1) is 21.2. The molecule has 1 aliphatic rings. The summed E-state index contributed by atoms with van der Waals surface area (Å²) >= 11 is 1.23. The molecule has 1 aliphatic heterocycles. The number of amides is 2. The molecule has 0 fully saturated rings. The molecule has 2 heterocycles. The van der Waals surface area contributed by atoms with Crippen molar-refractivity contribution in [2.24, 2.45) is 0 Å². The first-order valence-electron chi connectivity index (χ1n) is 9.62. The first-order chi connectivity index (χ1) is 14.7. The van der Waals surface area contributed by atoms with Gasteiger partial charge in [0.1, 0.15) is 0 Å². The van der Waals surface area contributed by atoms with Gasteiger partial charge in [-0.15, -0.1) is 11.3 Å². The average Bonchev–Trinajstić information content (AvgIpc) is 3.15. The quantitative estimate of drug-likeness (QED) is 0.595. The van der Waals surface area contributed by atoms with Gasteiger partial charge in [-0.05, 0) is 48.7 Å². The lowest BCUT2D eigenvalue weighted by Crippen LogP contribution is -2.41. The number of aryl methyl sites for hydroxylation is 2. The summed E-state index contributed by atoms with van der Waals surface area (Å²) in [6.07, 6.45) is 0. The fourth-order valence-corrected chi connectivity index (χ4v) is 5.83. The third-order valence-corrected chi connectivity index (χ3v) is 7.76. The van der Waals surface area contributed by atoms with Gasteiger partial charge in [-0.3, -0.25) is 14.5 Å². The van der Waals surface area contributed by atoms with E-state index >= 15 is 0 Å². The van der Waals surface area contributed by atoms with Gasteiger partial charge >= 0.3 is 0 Å². The fourth-order valence-electron chi connectivity index (χ4n) is 3.47. The zero-order valence-electron chi connectivity index (χ0n) is 17.3. The topological polar surface area (TPSA) is 87.7 Å². The van der Waals surface area contributed by atoms with Gasteiger partial charge in [0.25, 0.3) is 5.91 Å². The van der Waals surface area contributed by atoms with Gasteiger partial charge in [0.2, 0.25) is 15.9 Å². The molecule has 0 spiro atoms. The summed E-state index contributed by atoms with van der Waals surface area (Å²) in [6, 6.07) is 12.4. The molecule has 1 aromatic heterocycles. The molecular weight excluding hydrogens is 434 g/mol. The molecular formula is C22H21N3O4S2. The molecule has 31 heavy (non-hydrogen) atoms. The Balaban J connectivity index is 1.65. The Labute approximate surface area is 185 Å². The fraction of sp³-hybridized carbons (Fsp3) is 0.227. The molecule has 2 amide bonds. The van der Waals surface area contributed by atoms with Crippen LogP contribution in [-0.2, 0) is 27.1 Å². The van der Waals surface area contributed by atoms with Crippen LogP contribution in [0.4, 0.5) is 10.8 Å². The lowest BCUT2D eigenvalue weighted by molar-refractivity contribution is -0.115. The molecule has 0 N–H and O–H groups in total. The number of fused-ring (bicyclic) bond motifs is 1. The SMILES string of the molecule is CC(=O)N(c1ccc(C)c(C)c1)c1nc(CN2C(=O)c3ccccc3CS2(=O)=O)cs1. The minimum Gasteiger partial charge on any atom is -0.274 e. The highest BCUT2D eigenvalue weighted by Gasteiger charge is 2.36. The molecule has 160 valence electrons. The van der Waals surface area contributed by atoms with Crippen LogP contribution in [0.1, 0.15) is 39.7 Å². The molecule has 2 aromatic carbocycles. The lowest BCUT2D eigenvalue weighted by atomic mass is 10.1. The molecule has 0 radical (unpaired) electrons. The predicted molar refractivity (Wildman–Crippen MR) is 120 cm³/mol. The summed E-state index contributed by atoms with van der Waals surface area (Å²) < 4.78 is 26.3. The number of hydrogen-bond donors (Lipinski definition) is 0. The Morgan fingerprint density at radius 3 is 2.61 bits per heavy atom. The molecule has 0 saturated heterocycles. The Morgan fingerprint density at radius 1 is 1.16 bits per heavy atom. The Kier molecular flexibility index (Phi) is 5.40. The number of rotatable bonds is 4. The zero-order valence-corrected chi connectivity index (χ0v) is 19.0. The van der Waals surface area contributed by atoms with Gasteiger partial charge in [-0.25, -0.2) is 17.7 Å². The standard InChI is InChI=1S/C22H21N3O4S2/c1-14-8-9-19(10-15(14)2)25(16(3)26)22-23-18(12-30-22)11-24-21(27)20-7-5-4-6-17(20)13-31(24,28)29/h4-10,12H,11,13H2,1-3H3. The molecule has 3 aromatic rings. The van der Waals surface area contributed by atoms with Crippen molar-refractivity contribution in [2.75, 3.05) is 4.90 Å². The monoisotopic (exact) mass is 455 g/mol. The molecule has 9 heteroatoms. The van der Waals surface area contributed by atoms with E-state index < -0.39 is 15.9 Å². The number of nitrogens with zero attached hydrogens (tertiary/aromatic N) is 3. The van der Waals surface area contributed by atoms with Crippen LogP contribution in [0.5, 0.6) is 0 Å². The maximum atomic E-state index is 12.8. The van der Waals surface area contributed by atoms with E-state index in [1.807, 2.05) is 32.0 Å². The Hall–Kier alpha value is -3.04. The van der Waals surface area contributed by atoms with Crippen LogP contribution >= 0.6 is 11.3 Å². The second-order valence-corrected chi connectivity index (χ2v) is 10.2. The van der Waals surface area contributed by atoms with E-state index in [0.29, 0.717) is 27.6 Å². The lowest BCUT2D eigenvalue weighted by Gasteiger charge is -2.27. The van der Waals surface area contributed by atoms with Crippen molar-refractivity contribution in [3.05, 3.63) is 75.8 Å². The van der Waals surface area contributed by atoms with Crippen molar-refractivity contribution < 1.29 is 18.0 Å². The van der Waals surface area contributed by atoms with Crippen molar-refractivity contribution in [3.63, 3.8) is 0 Å². The van der Waals surface area contributed by atoms with Crippen molar-refractivity contribution >= 4 is 44.0 Å². The van der Waals surface area contributed by atoms with E-state index in [1.54, 1.807) is 29.6 Å². The van der Waals surface area contributed by atoms with Gasteiger partial charge in [0.15, 0.2) is 5.13 Å². The third kappa shape index (κ3) is 3.98. The minimum atomic E-state index is -3.81. The normalized spacial score (nSPS) is 14.9. The molecule has 0 saturated carbocycles. The summed E-state index contributed by atoms with van der Waals surface area (Å²) in [5.74, 6) is -0.998. The second-order valence-electron chi connectivity index (χ2n) is 7.47. The summed E-state index contributed by atoms with van der Waals surface area (Å²) in [5, 5.41) is 2.10. The van der Waals surface area contributed by atoms with Crippen LogP contribution < -0.4 is 4.90 Å². The number of hydrogen-bond acceptors (Lipinski definition) is 6. The van der Waals surface area contributed by atoms with Crippen molar-refractivity contribution in [1.82, 2.24) is 9.29 Å². The summed E-state index contributed by atoms with van der Waals surface area (Å²) in [5.41, 5.74) is 4.14. The minimum absolute atomic E-state index is 0.176. The maximum absolute atomic E-state index is 12.8. The Bertz CT molecular complexity index is 1300. The van der Waals surface area contributed by atoms with Gasteiger partial charge < -0.3 is 0 Å². The molecule has 0 unspecified atom stereocenters. The first-order valence-corrected chi connectivity index (χ1v) is 12.1. The highest BCUT2D eigenvalue weighted by molar-refractivity contribution is 7.89. The third-order valence-electron chi connectivity index (χ3n) is 5.25. The molecule has 0 aliphatic carbocycles. The largest absolute Gasteiger partial charge is 0.274 e. The van der Waals surface area contributed by atoms with Crippen LogP contribution in [0.15, 0.2) is 47.8 Å². The van der Waals surface area contributed by atoms with E-state index in [-0.39, 0.29) is 18.2 Å². The summed E-state index contributed by atoms with van der Waals surface area (Å²) in [7, 11) is -3.81. The molecule has 0 bridgehead atoms. The van der Waals surface area contributed by atoms with Crippen LogP contribution in [0.2, 0.25) is 0 Å². The number of carbonyl (C=O) groups excluding carboxylic acids is 2. The Morgan fingerprint density at radius 2 is 1.90 bits per heavy atom. The van der Waals surface area contributed by atoms with Gasteiger partial charge in [-0.2, -0.15) is 0 Å². The van der Waals surface area contributed by atoms with Gasteiger partial charge in [0.05, 0.1) is 23.7 Å². The second kappa shape index (κ2) is 7.90. The van der Waals surface area contributed by atoms with Crippen LogP contribution in [0.3, 0.4) is 0 Å². The van der Waals surface area contributed by atoms with Crippen molar-refractivity contribution in [2.45, 2.75) is 33.1 Å². The highest BCUT2D eigenvalue weighted by atomic mass is 32.2. The highest BCUT2D eigenvalue weighted by Crippen LogP contribution is 2.32. The van der Waals surface area contributed by atoms with E-state index in [1.165, 1.54) is 23.2 Å².